The Balaban J connectivity index is 1.70. The number of benzene rings is 2. The molecule has 132 valence electrons. The molecule has 2 aromatic rings. The first-order valence-corrected chi connectivity index (χ1v) is 8.59. The summed E-state index contributed by atoms with van der Waals surface area (Å²) in [5.41, 5.74) is 0.425. The highest BCUT2D eigenvalue weighted by molar-refractivity contribution is 7.80. The number of ether oxygens (including phenoxy) is 1. The lowest BCUT2D eigenvalue weighted by atomic mass is 10.3. The van der Waals surface area contributed by atoms with Crippen LogP contribution in [0, 0.1) is 0 Å². The Morgan fingerprint density at radius 3 is 2.68 bits per heavy atom. The van der Waals surface area contributed by atoms with Crippen molar-refractivity contribution in [2.75, 3.05) is 11.9 Å². The van der Waals surface area contributed by atoms with Crippen LogP contribution in [0.1, 0.15) is 12.8 Å². The summed E-state index contributed by atoms with van der Waals surface area (Å²) >= 11 is 16.8. The van der Waals surface area contributed by atoms with E-state index in [0.29, 0.717) is 34.5 Å². The van der Waals surface area contributed by atoms with Crippen molar-refractivity contribution >= 4 is 52.1 Å². The maximum absolute atomic E-state index is 11.9. The molecule has 2 aromatic carbocycles. The minimum absolute atomic E-state index is 0.0485. The number of anilines is 1. The summed E-state index contributed by atoms with van der Waals surface area (Å²) in [5, 5.41) is 16.0. The number of nitrogens with one attached hydrogen (secondary N) is 2. The first-order chi connectivity index (χ1) is 12.0. The van der Waals surface area contributed by atoms with Crippen molar-refractivity contribution in [1.82, 2.24) is 5.32 Å². The lowest BCUT2D eigenvalue weighted by molar-refractivity contribution is -0.119. The number of carbonyl (C=O) groups excluding carboxylic acids is 1. The number of hydrogen-bond donors (Lipinski definition) is 3. The quantitative estimate of drug-likeness (QED) is 0.382. The van der Waals surface area contributed by atoms with Crippen LogP contribution in [0.25, 0.3) is 0 Å². The van der Waals surface area contributed by atoms with Crippen LogP contribution < -0.4 is 15.4 Å². The minimum atomic E-state index is -0.251. The predicted octanol–water partition coefficient (Wildman–Crippen LogP) is 4.37. The van der Waals surface area contributed by atoms with Crippen molar-refractivity contribution < 1.29 is 14.6 Å². The Labute approximate surface area is 160 Å². The van der Waals surface area contributed by atoms with E-state index in [1.54, 1.807) is 36.4 Å². The van der Waals surface area contributed by atoms with Gasteiger partial charge in [0.05, 0.1) is 17.3 Å². The largest absolute Gasteiger partial charge is 0.506 e. The maximum atomic E-state index is 11.9. The summed E-state index contributed by atoms with van der Waals surface area (Å²) in [6.45, 7) is 0.328. The fourth-order valence-corrected chi connectivity index (χ4v) is 2.62. The number of phenols is 1. The molecule has 0 radical (unpaired) electrons. The smallest absolute Gasteiger partial charge is 0.226 e. The van der Waals surface area contributed by atoms with Gasteiger partial charge in [-0.05, 0) is 49.0 Å². The number of aromatic hydroxyl groups is 1. The van der Waals surface area contributed by atoms with Crippen molar-refractivity contribution in [1.29, 1.82) is 0 Å². The molecule has 0 aliphatic rings. The number of amides is 1. The third kappa shape index (κ3) is 6.42. The molecule has 0 saturated carbocycles. The first kappa shape index (κ1) is 19.3. The van der Waals surface area contributed by atoms with Crippen LogP contribution in [0.15, 0.2) is 42.5 Å². The second-order valence-corrected chi connectivity index (χ2v) is 6.30. The zero-order valence-electron chi connectivity index (χ0n) is 13.1. The number of halogens is 2. The van der Waals surface area contributed by atoms with E-state index >= 15 is 0 Å². The van der Waals surface area contributed by atoms with Gasteiger partial charge >= 0.3 is 0 Å². The van der Waals surface area contributed by atoms with Gasteiger partial charge in [-0.15, -0.1) is 0 Å². The number of rotatable bonds is 6. The van der Waals surface area contributed by atoms with Crippen LogP contribution in [-0.2, 0) is 4.79 Å². The van der Waals surface area contributed by atoms with Crippen LogP contribution in [-0.4, -0.2) is 22.7 Å². The number of hydrogen-bond acceptors (Lipinski definition) is 4. The maximum Gasteiger partial charge on any atom is 0.226 e. The van der Waals surface area contributed by atoms with E-state index in [1.807, 2.05) is 0 Å². The van der Waals surface area contributed by atoms with Gasteiger partial charge in [0.25, 0.3) is 0 Å². The van der Waals surface area contributed by atoms with Gasteiger partial charge in [-0.3, -0.25) is 4.79 Å². The number of thiocarbonyl (C=S) groups is 1. The van der Waals surface area contributed by atoms with Crippen LogP contribution >= 0.6 is 35.4 Å². The van der Waals surface area contributed by atoms with Crippen molar-refractivity contribution in [3.8, 4) is 11.5 Å². The van der Waals surface area contributed by atoms with E-state index < -0.39 is 0 Å². The molecule has 0 spiro atoms. The SMILES string of the molecule is O=C(CCCOc1ccc(Cl)cc1Cl)NC(=S)Nc1ccccc1O. The highest BCUT2D eigenvalue weighted by atomic mass is 35.5. The molecule has 0 aliphatic carbocycles. The van der Waals surface area contributed by atoms with Gasteiger partial charge in [-0.25, -0.2) is 0 Å². The summed E-state index contributed by atoms with van der Waals surface area (Å²) in [4.78, 5) is 11.9. The van der Waals surface area contributed by atoms with Crippen molar-refractivity contribution in [3.63, 3.8) is 0 Å². The topological polar surface area (TPSA) is 70.6 Å². The molecule has 2 rings (SSSR count). The molecule has 8 heteroatoms. The van der Waals surface area contributed by atoms with Crippen LogP contribution in [0.2, 0.25) is 10.0 Å². The third-order valence-corrected chi connectivity index (χ3v) is 3.84. The first-order valence-electron chi connectivity index (χ1n) is 7.42. The molecule has 25 heavy (non-hydrogen) atoms. The molecular weight excluding hydrogens is 383 g/mol. The molecule has 0 heterocycles. The molecule has 0 aliphatic heterocycles. The third-order valence-electron chi connectivity index (χ3n) is 3.10. The summed E-state index contributed by atoms with van der Waals surface area (Å²) in [7, 11) is 0. The van der Waals surface area contributed by atoms with Crippen LogP contribution in [0.4, 0.5) is 5.69 Å². The predicted molar refractivity (Wildman–Crippen MR) is 104 cm³/mol. The fourth-order valence-electron chi connectivity index (χ4n) is 1.93. The second-order valence-electron chi connectivity index (χ2n) is 5.05. The molecule has 0 aromatic heterocycles. The molecule has 1 amide bonds. The molecule has 5 nitrogen and oxygen atoms in total. The fraction of sp³-hybridized carbons (Fsp3) is 0.176. The standard InChI is InChI=1S/C17H16Cl2N2O3S/c18-11-7-8-15(12(19)10-11)24-9-3-6-16(23)21-17(25)20-13-4-1-2-5-14(13)22/h1-2,4-5,7-8,10,22H,3,6,9H2,(H2,20,21,23,25). The van der Waals surface area contributed by atoms with Crippen LogP contribution in [0.3, 0.4) is 0 Å². The number of carbonyl (C=O) groups is 1. The van der Waals surface area contributed by atoms with Gasteiger partial charge in [0.1, 0.15) is 11.5 Å². The van der Waals surface area contributed by atoms with E-state index in [0.717, 1.165) is 0 Å². The van der Waals surface area contributed by atoms with E-state index in [4.69, 9.17) is 40.2 Å². The number of phenolic OH excluding ortho intramolecular Hbond substituents is 1. The zero-order chi connectivity index (χ0) is 18.2. The van der Waals surface area contributed by atoms with Crippen molar-refractivity contribution in [3.05, 3.63) is 52.5 Å². The van der Waals surface area contributed by atoms with Gasteiger partial charge in [0.15, 0.2) is 5.11 Å². The molecule has 0 saturated heterocycles. The number of para-hydroxylation sites is 2. The molecule has 0 unspecified atom stereocenters. The van der Waals surface area contributed by atoms with Crippen molar-refractivity contribution in [2.24, 2.45) is 0 Å². The Hall–Kier alpha value is -2.02. The van der Waals surface area contributed by atoms with Gasteiger partial charge in [0.2, 0.25) is 5.91 Å². The summed E-state index contributed by atoms with van der Waals surface area (Å²) in [6, 6.07) is 11.5. The van der Waals surface area contributed by atoms with Gasteiger partial charge in [-0.1, -0.05) is 35.3 Å². The second kappa shape index (κ2) is 9.46. The Morgan fingerprint density at radius 2 is 1.96 bits per heavy atom. The lowest BCUT2D eigenvalue weighted by Gasteiger charge is -2.11. The average Bonchev–Trinajstić information content (AvgIpc) is 2.55. The monoisotopic (exact) mass is 398 g/mol. The minimum Gasteiger partial charge on any atom is -0.506 e. The summed E-state index contributed by atoms with van der Waals surface area (Å²) < 4.78 is 5.51. The van der Waals surface area contributed by atoms with Crippen molar-refractivity contribution in [2.45, 2.75) is 12.8 Å². The molecule has 0 atom stereocenters. The van der Waals surface area contributed by atoms with E-state index in [-0.39, 0.29) is 23.2 Å². The summed E-state index contributed by atoms with van der Waals surface area (Å²) in [6.07, 6.45) is 0.720. The van der Waals surface area contributed by atoms with E-state index in [1.165, 1.54) is 6.07 Å². The molecular formula is C17H16Cl2N2O3S. The van der Waals surface area contributed by atoms with E-state index in [2.05, 4.69) is 10.6 Å². The zero-order valence-corrected chi connectivity index (χ0v) is 15.4. The lowest BCUT2D eigenvalue weighted by Crippen LogP contribution is -2.34. The summed E-state index contributed by atoms with van der Waals surface area (Å²) in [5.74, 6) is 0.314. The van der Waals surface area contributed by atoms with Gasteiger partial charge < -0.3 is 20.5 Å². The Morgan fingerprint density at radius 1 is 1.20 bits per heavy atom. The highest BCUT2D eigenvalue weighted by Crippen LogP contribution is 2.27. The average molecular weight is 399 g/mol. The molecule has 3 N–H and O–H groups in total. The molecule has 0 fully saturated rings. The molecule has 0 bridgehead atoms. The van der Waals surface area contributed by atoms with E-state index in [9.17, 15) is 9.90 Å². The normalized spacial score (nSPS) is 10.2. The van der Waals surface area contributed by atoms with Gasteiger partial charge in [0, 0.05) is 11.4 Å². The Bertz CT molecular complexity index is 771. The highest BCUT2D eigenvalue weighted by Gasteiger charge is 2.08. The van der Waals surface area contributed by atoms with Crippen LogP contribution in [0.5, 0.6) is 11.5 Å². The Kier molecular flexibility index (Phi) is 7.31. The van der Waals surface area contributed by atoms with Gasteiger partial charge in [-0.2, -0.15) is 0 Å².